The smallest absolute Gasteiger partial charge is 0.334 e. The van der Waals surface area contributed by atoms with Gasteiger partial charge in [-0.1, -0.05) is 0 Å². The van der Waals surface area contributed by atoms with Crippen molar-refractivity contribution in [3.8, 4) is 0 Å². The fourth-order valence-corrected chi connectivity index (χ4v) is 1.38. The number of urea groups is 1. The number of aliphatic carboxylic acids is 1. The number of carboxylic acid groups (broad SMARTS) is 1. The zero-order valence-electron chi connectivity index (χ0n) is 9.28. The average Bonchev–Trinajstić information content (AvgIpc) is 2.32. The molecule has 104 valence electrons. The third kappa shape index (κ3) is 4.45. The van der Waals surface area contributed by atoms with Crippen LogP contribution < -0.4 is 10.6 Å². The summed E-state index contributed by atoms with van der Waals surface area (Å²) in [5.74, 6) is -3.16. The minimum atomic E-state index is -1.78. The quantitative estimate of drug-likeness (QED) is 0.622. The van der Waals surface area contributed by atoms with E-state index in [0.29, 0.717) is 0 Å². The normalized spacial score (nSPS) is 11.8. The third-order valence-electron chi connectivity index (χ3n) is 2.00. The number of carbonyl (C=O) groups is 2. The average molecular weight is 339 g/mol. The predicted octanol–water partition coefficient (Wildman–Crippen LogP) is 1.29. The monoisotopic (exact) mass is 338 g/mol. The number of aliphatic hydroxyl groups is 1. The second-order valence-corrected chi connectivity index (χ2v) is 4.29. The molecular formula is C10H9BrF2N2O4. The number of carboxylic acids is 1. The Bertz CT molecular complexity index is 513. The molecule has 0 aliphatic carbocycles. The van der Waals surface area contributed by atoms with Gasteiger partial charge in [0, 0.05) is 6.07 Å². The molecule has 0 aliphatic heterocycles. The highest BCUT2D eigenvalue weighted by Gasteiger charge is 2.15. The van der Waals surface area contributed by atoms with Crippen LogP contribution in [0.1, 0.15) is 0 Å². The number of hydrogen-bond acceptors (Lipinski definition) is 3. The van der Waals surface area contributed by atoms with Crippen LogP contribution in [0.4, 0.5) is 19.3 Å². The van der Waals surface area contributed by atoms with Gasteiger partial charge in [0.1, 0.15) is 11.6 Å². The van der Waals surface area contributed by atoms with Crippen LogP contribution in [0, 0.1) is 11.6 Å². The minimum absolute atomic E-state index is 0.0998. The summed E-state index contributed by atoms with van der Waals surface area (Å²) in [6, 6.07) is 0.616. The summed E-state index contributed by atoms with van der Waals surface area (Å²) < 4.78 is 26.4. The summed E-state index contributed by atoms with van der Waals surface area (Å²) in [4.78, 5) is 21.5. The van der Waals surface area contributed by atoms with Gasteiger partial charge < -0.3 is 20.8 Å². The van der Waals surface area contributed by atoms with E-state index in [1.54, 1.807) is 0 Å². The van der Waals surface area contributed by atoms with Gasteiger partial charge in [0.05, 0.1) is 16.7 Å². The van der Waals surface area contributed by atoms with Crippen LogP contribution in [0.15, 0.2) is 16.6 Å². The lowest BCUT2D eigenvalue weighted by molar-refractivity contribution is -0.146. The second kappa shape index (κ2) is 6.43. The number of halogens is 3. The van der Waals surface area contributed by atoms with E-state index in [1.807, 2.05) is 10.6 Å². The van der Waals surface area contributed by atoms with Gasteiger partial charge in [0.25, 0.3) is 0 Å². The number of anilines is 1. The molecule has 0 aromatic heterocycles. The minimum Gasteiger partial charge on any atom is -0.479 e. The fourth-order valence-electron chi connectivity index (χ4n) is 1.06. The molecule has 1 aromatic rings. The Balaban J connectivity index is 2.62. The molecule has 0 spiro atoms. The van der Waals surface area contributed by atoms with Crippen LogP contribution in [0.2, 0.25) is 0 Å². The lowest BCUT2D eigenvalue weighted by Gasteiger charge is -2.10. The van der Waals surface area contributed by atoms with Crippen molar-refractivity contribution in [2.45, 2.75) is 6.10 Å². The van der Waals surface area contributed by atoms with Crippen molar-refractivity contribution in [2.24, 2.45) is 0 Å². The van der Waals surface area contributed by atoms with Gasteiger partial charge in [-0.15, -0.1) is 0 Å². The van der Waals surface area contributed by atoms with Crippen LogP contribution in [-0.2, 0) is 4.79 Å². The molecule has 1 atom stereocenters. The summed E-state index contributed by atoms with van der Waals surface area (Å²) in [7, 11) is 0. The molecule has 0 saturated carbocycles. The lowest BCUT2D eigenvalue weighted by Crippen LogP contribution is -2.38. The zero-order chi connectivity index (χ0) is 14.6. The summed E-state index contributed by atoms with van der Waals surface area (Å²) in [6.45, 7) is -0.568. The molecule has 0 radical (unpaired) electrons. The maximum atomic E-state index is 13.3. The van der Waals surface area contributed by atoms with E-state index in [9.17, 15) is 18.4 Å². The van der Waals surface area contributed by atoms with Crippen molar-refractivity contribution in [3.63, 3.8) is 0 Å². The summed E-state index contributed by atoms with van der Waals surface area (Å²) >= 11 is 2.77. The maximum Gasteiger partial charge on any atom is 0.334 e. The van der Waals surface area contributed by atoms with Crippen molar-refractivity contribution < 1.29 is 28.6 Å². The largest absolute Gasteiger partial charge is 0.479 e. The van der Waals surface area contributed by atoms with Crippen molar-refractivity contribution in [1.82, 2.24) is 5.32 Å². The van der Waals surface area contributed by atoms with Crippen LogP contribution in [0.5, 0.6) is 0 Å². The van der Waals surface area contributed by atoms with Gasteiger partial charge in [-0.25, -0.2) is 18.4 Å². The van der Waals surface area contributed by atoms with Crippen molar-refractivity contribution >= 4 is 33.6 Å². The first kappa shape index (κ1) is 15.3. The zero-order valence-corrected chi connectivity index (χ0v) is 10.9. The number of benzene rings is 1. The van der Waals surface area contributed by atoms with E-state index in [-0.39, 0.29) is 4.47 Å². The lowest BCUT2D eigenvalue weighted by atomic mass is 10.3. The molecule has 1 aromatic carbocycles. The van der Waals surface area contributed by atoms with Gasteiger partial charge in [-0.2, -0.15) is 0 Å². The Hall–Kier alpha value is -1.74. The number of aliphatic hydroxyl groups excluding tert-OH is 1. The van der Waals surface area contributed by atoms with Crippen molar-refractivity contribution in [2.75, 3.05) is 11.9 Å². The molecule has 0 aliphatic rings. The molecular weight excluding hydrogens is 330 g/mol. The van der Waals surface area contributed by atoms with E-state index < -0.39 is 42.0 Å². The van der Waals surface area contributed by atoms with Gasteiger partial charge >= 0.3 is 12.0 Å². The summed E-state index contributed by atoms with van der Waals surface area (Å²) in [5.41, 5.74) is -0.414. The summed E-state index contributed by atoms with van der Waals surface area (Å²) in [6.07, 6.45) is -1.78. The van der Waals surface area contributed by atoms with Gasteiger partial charge in [0.2, 0.25) is 0 Å². The molecule has 4 N–H and O–H groups in total. The molecule has 0 fully saturated rings. The Kier molecular flexibility index (Phi) is 5.19. The maximum absolute atomic E-state index is 13.3. The first-order chi connectivity index (χ1) is 8.81. The molecule has 2 amide bonds. The van der Waals surface area contributed by atoms with E-state index in [2.05, 4.69) is 15.9 Å². The predicted molar refractivity (Wildman–Crippen MR) is 64.7 cm³/mol. The van der Waals surface area contributed by atoms with Crippen LogP contribution in [-0.4, -0.2) is 34.9 Å². The molecule has 1 rings (SSSR count). The summed E-state index contributed by atoms with van der Waals surface area (Å²) in [5, 5.41) is 21.2. The topological polar surface area (TPSA) is 98.7 Å². The van der Waals surface area contributed by atoms with Gasteiger partial charge in [0.15, 0.2) is 6.10 Å². The van der Waals surface area contributed by atoms with Crippen LogP contribution in [0.25, 0.3) is 0 Å². The number of carbonyl (C=O) groups excluding carboxylic acids is 1. The second-order valence-electron chi connectivity index (χ2n) is 3.44. The molecule has 6 nitrogen and oxygen atoms in total. The van der Waals surface area contributed by atoms with Crippen molar-refractivity contribution in [1.29, 1.82) is 0 Å². The first-order valence-corrected chi connectivity index (χ1v) is 5.71. The molecule has 9 heteroatoms. The van der Waals surface area contributed by atoms with Crippen LogP contribution >= 0.6 is 15.9 Å². The van der Waals surface area contributed by atoms with E-state index in [0.717, 1.165) is 12.1 Å². The number of amides is 2. The van der Waals surface area contributed by atoms with E-state index >= 15 is 0 Å². The Morgan fingerprint density at radius 3 is 2.53 bits per heavy atom. The highest BCUT2D eigenvalue weighted by molar-refractivity contribution is 9.10. The fraction of sp³-hybridized carbons (Fsp3) is 0.200. The highest BCUT2D eigenvalue weighted by atomic mass is 79.9. The third-order valence-corrected chi connectivity index (χ3v) is 2.61. The molecule has 0 heterocycles. The van der Waals surface area contributed by atoms with Gasteiger partial charge in [-0.05, 0) is 22.0 Å². The van der Waals surface area contributed by atoms with E-state index in [1.165, 1.54) is 0 Å². The molecule has 19 heavy (non-hydrogen) atoms. The molecule has 0 unspecified atom stereocenters. The Morgan fingerprint density at radius 2 is 1.95 bits per heavy atom. The molecule has 0 saturated heterocycles. The van der Waals surface area contributed by atoms with Crippen LogP contribution in [0.3, 0.4) is 0 Å². The Labute approximate surface area is 114 Å². The highest BCUT2D eigenvalue weighted by Crippen LogP contribution is 2.23. The molecule has 0 bridgehead atoms. The number of hydrogen-bond donors (Lipinski definition) is 4. The Morgan fingerprint density at radius 1 is 1.32 bits per heavy atom. The standard InChI is InChI=1S/C10H9BrF2N2O4/c11-4-1-6(13)7(2-5(4)12)15-10(19)14-3-8(16)9(17)18/h1-2,8,16H,3H2,(H,17,18)(H2,14,15,19)/t8-/m0/s1. The first-order valence-electron chi connectivity index (χ1n) is 4.91. The SMILES string of the molecule is O=C(NC[C@H](O)C(=O)O)Nc1cc(F)c(Br)cc1F. The number of rotatable bonds is 4. The van der Waals surface area contributed by atoms with Crippen molar-refractivity contribution in [3.05, 3.63) is 28.2 Å². The number of nitrogens with one attached hydrogen (secondary N) is 2. The van der Waals surface area contributed by atoms with E-state index in [4.69, 9.17) is 10.2 Å². The van der Waals surface area contributed by atoms with Gasteiger partial charge in [-0.3, -0.25) is 0 Å².